The van der Waals surface area contributed by atoms with E-state index in [4.69, 9.17) is 0 Å². The fourth-order valence-electron chi connectivity index (χ4n) is 4.24. The number of likely N-dealkylation sites (tertiary alicyclic amines) is 1. The number of fused-ring (bicyclic) bond motifs is 1. The summed E-state index contributed by atoms with van der Waals surface area (Å²) in [7, 11) is 0. The number of piperidine rings is 2. The van der Waals surface area contributed by atoms with Crippen LogP contribution in [0.5, 0.6) is 0 Å². The van der Waals surface area contributed by atoms with E-state index < -0.39 is 0 Å². The van der Waals surface area contributed by atoms with Crippen molar-refractivity contribution < 1.29 is 4.79 Å². The number of carbonyl (C=O) groups excluding carboxylic acids is 1. The largest absolute Gasteiger partial charge is 0.353 e. The van der Waals surface area contributed by atoms with E-state index in [9.17, 15) is 4.79 Å². The zero-order valence-corrected chi connectivity index (χ0v) is 16.8. The summed E-state index contributed by atoms with van der Waals surface area (Å²) in [5.74, 6) is 1.91. The highest BCUT2D eigenvalue weighted by Gasteiger charge is 2.28. The van der Waals surface area contributed by atoms with Gasteiger partial charge in [-0.2, -0.15) is 0 Å². The molecule has 4 heterocycles. The molecule has 0 spiro atoms. The molecule has 0 radical (unpaired) electrons. The summed E-state index contributed by atoms with van der Waals surface area (Å²) in [5.41, 5.74) is 1.06. The van der Waals surface area contributed by atoms with E-state index in [0.717, 1.165) is 64.9 Å². The van der Waals surface area contributed by atoms with Crippen LogP contribution >= 0.6 is 11.3 Å². The van der Waals surface area contributed by atoms with Crippen molar-refractivity contribution in [3.8, 4) is 0 Å². The van der Waals surface area contributed by atoms with Gasteiger partial charge in [-0.25, -0.2) is 9.97 Å². The smallest absolute Gasteiger partial charge is 0.264 e. The normalized spacial score (nSPS) is 22.2. The first-order chi connectivity index (χ1) is 12.6. The van der Waals surface area contributed by atoms with Crippen molar-refractivity contribution >= 4 is 33.3 Å². The van der Waals surface area contributed by atoms with E-state index in [1.807, 2.05) is 4.90 Å². The molecular weight excluding hydrogens is 344 g/mol. The lowest BCUT2D eigenvalue weighted by Gasteiger charge is -2.34. The fourth-order valence-corrected chi connectivity index (χ4v) is 5.35. The van der Waals surface area contributed by atoms with Gasteiger partial charge in [0.25, 0.3) is 5.91 Å². The molecule has 0 saturated carbocycles. The van der Waals surface area contributed by atoms with Gasteiger partial charge < -0.3 is 9.80 Å². The summed E-state index contributed by atoms with van der Waals surface area (Å²) in [4.78, 5) is 28.5. The highest BCUT2D eigenvalue weighted by molar-refractivity contribution is 7.20. The highest BCUT2D eigenvalue weighted by Crippen LogP contribution is 2.37. The van der Waals surface area contributed by atoms with E-state index in [1.54, 1.807) is 6.33 Å². The van der Waals surface area contributed by atoms with Crippen molar-refractivity contribution in [2.75, 3.05) is 24.5 Å². The molecule has 26 heavy (non-hydrogen) atoms. The molecule has 2 aliphatic rings. The maximum absolute atomic E-state index is 13.1. The van der Waals surface area contributed by atoms with Crippen molar-refractivity contribution in [2.45, 2.75) is 58.9 Å². The van der Waals surface area contributed by atoms with Gasteiger partial charge in [0.2, 0.25) is 0 Å². The number of nitrogens with zero attached hydrogens (tertiary/aromatic N) is 4. The van der Waals surface area contributed by atoms with E-state index in [2.05, 4.69) is 35.6 Å². The van der Waals surface area contributed by atoms with Crippen LogP contribution in [0.4, 0.5) is 5.82 Å². The first-order valence-electron chi connectivity index (χ1n) is 9.86. The summed E-state index contributed by atoms with van der Waals surface area (Å²) >= 11 is 1.54. The zero-order chi connectivity index (χ0) is 18.3. The molecule has 2 aromatic rings. The molecule has 4 rings (SSSR count). The number of carbonyl (C=O) groups is 1. The van der Waals surface area contributed by atoms with E-state index in [0.29, 0.717) is 6.04 Å². The van der Waals surface area contributed by atoms with E-state index in [-0.39, 0.29) is 5.91 Å². The lowest BCUT2D eigenvalue weighted by molar-refractivity contribution is 0.0701. The number of thiophene rings is 1. The van der Waals surface area contributed by atoms with Crippen LogP contribution in [0.15, 0.2) is 6.33 Å². The third-order valence-electron chi connectivity index (χ3n) is 6.05. The van der Waals surface area contributed by atoms with Crippen LogP contribution in [0, 0.1) is 12.8 Å². The van der Waals surface area contributed by atoms with Gasteiger partial charge in [-0.1, -0.05) is 6.92 Å². The molecular formula is C20H28N4OS. The van der Waals surface area contributed by atoms with Crippen molar-refractivity contribution in [1.29, 1.82) is 0 Å². The Bertz CT molecular complexity index is 809. The van der Waals surface area contributed by atoms with Gasteiger partial charge in [0, 0.05) is 25.7 Å². The Hall–Kier alpha value is -1.69. The Kier molecular flexibility index (Phi) is 4.86. The monoisotopic (exact) mass is 372 g/mol. The van der Waals surface area contributed by atoms with Gasteiger partial charge in [-0.15, -0.1) is 11.3 Å². The minimum Gasteiger partial charge on any atom is -0.353 e. The van der Waals surface area contributed by atoms with Gasteiger partial charge in [0.1, 0.15) is 17.0 Å². The number of rotatable bonds is 2. The summed E-state index contributed by atoms with van der Waals surface area (Å²) in [6, 6.07) is 0.490. The number of anilines is 1. The van der Waals surface area contributed by atoms with Gasteiger partial charge in [0.05, 0.1) is 10.3 Å². The molecule has 6 heteroatoms. The predicted molar refractivity (Wildman–Crippen MR) is 107 cm³/mol. The average Bonchev–Trinajstić information content (AvgIpc) is 2.99. The molecule has 1 amide bonds. The van der Waals surface area contributed by atoms with Crippen molar-refractivity contribution in [3.05, 3.63) is 16.8 Å². The van der Waals surface area contributed by atoms with Gasteiger partial charge >= 0.3 is 0 Å². The molecule has 5 nitrogen and oxygen atoms in total. The fraction of sp³-hybridized carbons (Fsp3) is 0.650. The number of amides is 1. The van der Waals surface area contributed by atoms with Crippen molar-refractivity contribution in [3.63, 3.8) is 0 Å². The quantitative estimate of drug-likeness (QED) is 0.791. The topological polar surface area (TPSA) is 49.3 Å². The first-order valence-corrected chi connectivity index (χ1v) is 10.7. The van der Waals surface area contributed by atoms with Gasteiger partial charge in [-0.05, 0) is 57.4 Å². The molecule has 1 atom stereocenters. The zero-order valence-electron chi connectivity index (χ0n) is 16.0. The number of aryl methyl sites for hydroxylation is 1. The Morgan fingerprint density at radius 1 is 1.12 bits per heavy atom. The number of hydrogen-bond donors (Lipinski definition) is 0. The van der Waals surface area contributed by atoms with Crippen molar-refractivity contribution in [2.24, 2.45) is 5.92 Å². The molecule has 2 aliphatic heterocycles. The van der Waals surface area contributed by atoms with E-state index >= 15 is 0 Å². The molecule has 0 aliphatic carbocycles. The van der Waals surface area contributed by atoms with Crippen LogP contribution in [0.2, 0.25) is 0 Å². The molecule has 2 aromatic heterocycles. The second-order valence-electron chi connectivity index (χ2n) is 7.95. The maximum Gasteiger partial charge on any atom is 0.264 e. The molecule has 0 bridgehead atoms. The SMILES string of the molecule is Cc1c(C(=O)N2CCC(C)CC2)sc2ncnc(N3CCCCC3C)c12. The Morgan fingerprint density at radius 3 is 2.62 bits per heavy atom. The Balaban J connectivity index is 1.71. The summed E-state index contributed by atoms with van der Waals surface area (Å²) in [5, 5.41) is 1.08. The van der Waals surface area contributed by atoms with Gasteiger partial charge in [-0.3, -0.25) is 4.79 Å². The molecule has 140 valence electrons. The van der Waals surface area contributed by atoms with Crippen LogP contribution in [0.25, 0.3) is 10.2 Å². The first kappa shape index (κ1) is 17.7. The standard InChI is InChI=1S/C20H28N4OS/c1-13-7-10-23(11-8-13)20(25)17-15(3)16-18(21-12-22-19(16)26-17)24-9-5-4-6-14(24)2/h12-14H,4-11H2,1-3H3. The maximum atomic E-state index is 13.1. The second kappa shape index (κ2) is 7.14. The van der Waals surface area contributed by atoms with Crippen molar-refractivity contribution in [1.82, 2.24) is 14.9 Å². The van der Waals surface area contributed by atoms with Crippen LogP contribution in [-0.2, 0) is 0 Å². The highest BCUT2D eigenvalue weighted by atomic mass is 32.1. The summed E-state index contributed by atoms with van der Waals surface area (Å²) in [6.45, 7) is 9.39. The minimum absolute atomic E-state index is 0.176. The van der Waals surface area contributed by atoms with Crippen LogP contribution in [0.3, 0.4) is 0 Å². The minimum atomic E-state index is 0.176. The number of hydrogen-bond acceptors (Lipinski definition) is 5. The predicted octanol–water partition coefficient (Wildman–Crippen LogP) is 4.25. The van der Waals surface area contributed by atoms with E-state index in [1.165, 1.54) is 30.6 Å². The molecule has 0 N–H and O–H groups in total. The third kappa shape index (κ3) is 3.08. The average molecular weight is 373 g/mol. The van der Waals surface area contributed by atoms with Crippen LogP contribution in [-0.4, -0.2) is 46.5 Å². The molecule has 1 unspecified atom stereocenters. The third-order valence-corrected chi connectivity index (χ3v) is 7.23. The Morgan fingerprint density at radius 2 is 1.88 bits per heavy atom. The molecule has 0 aromatic carbocycles. The number of aromatic nitrogens is 2. The molecule has 2 fully saturated rings. The summed E-state index contributed by atoms with van der Waals surface area (Å²) < 4.78 is 0. The van der Waals surface area contributed by atoms with Crippen LogP contribution in [0.1, 0.15) is 61.2 Å². The lowest BCUT2D eigenvalue weighted by Crippen LogP contribution is -2.38. The molecule has 2 saturated heterocycles. The van der Waals surface area contributed by atoms with Gasteiger partial charge in [0.15, 0.2) is 0 Å². The lowest BCUT2D eigenvalue weighted by atomic mass is 9.99. The van der Waals surface area contributed by atoms with Crippen LogP contribution < -0.4 is 4.90 Å². The summed E-state index contributed by atoms with van der Waals surface area (Å²) in [6.07, 6.45) is 7.55. The second-order valence-corrected chi connectivity index (χ2v) is 8.95. The Labute approximate surface area is 159 Å².